The van der Waals surface area contributed by atoms with Gasteiger partial charge in [-0.1, -0.05) is 12.0 Å². The van der Waals surface area contributed by atoms with Crippen LogP contribution in [0, 0.1) is 29.8 Å². The molecule has 4 aliphatic heterocycles. The van der Waals surface area contributed by atoms with Crippen molar-refractivity contribution in [2.45, 2.75) is 50.1 Å². The van der Waals surface area contributed by atoms with E-state index in [0.29, 0.717) is 61.2 Å². The summed E-state index contributed by atoms with van der Waals surface area (Å²) < 4.78 is 55.0. The second-order valence-electron chi connectivity index (χ2n) is 12.5. The second-order valence-corrected chi connectivity index (χ2v) is 12.5. The third kappa shape index (κ3) is 4.06. The quantitative estimate of drug-likeness (QED) is 0.309. The van der Waals surface area contributed by atoms with Crippen molar-refractivity contribution in [1.29, 1.82) is 0 Å². The van der Waals surface area contributed by atoms with Gasteiger partial charge in [0.2, 0.25) is 0 Å². The van der Waals surface area contributed by atoms with Crippen LogP contribution in [0.2, 0.25) is 0 Å². The Bertz CT molecular complexity index is 1880. The third-order valence-corrected chi connectivity index (χ3v) is 10.2. The lowest BCUT2D eigenvalue weighted by Gasteiger charge is -2.36. The summed E-state index contributed by atoms with van der Waals surface area (Å²) in [4.78, 5) is 14.0. The van der Waals surface area contributed by atoms with E-state index >= 15 is 8.78 Å². The van der Waals surface area contributed by atoms with Crippen molar-refractivity contribution in [2.75, 3.05) is 44.2 Å². The smallest absolute Gasteiger partial charge is 0.319 e. The number of halogens is 3. The number of phenols is 1. The number of phenolic OH excluding ortho intramolecular Hbond substituents is 1. The zero-order valence-electron chi connectivity index (χ0n) is 24.2. The number of aryl methyl sites for hydroxylation is 1. The fraction of sp³-hybridized carbons (Fsp3) is 0.412. The number of anilines is 1. The number of hydrogen-bond donors (Lipinski definition) is 2. The maximum Gasteiger partial charge on any atom is 0.319 e. The zero-order chi connectivity index (χ0) is 30.2. The molecular weight excluding hydrogens is 567 g/mol. The van der Waals surface area contributed by atoms with E-state index in [1.54, 1.807) is 0 Å². The van der Waals surface area contributed by atoms with Crippen molar-refractivity contribution < 1.29 is 23.0 Å². The highest BCUT2D eigenvalue weighted by molar-refractivity contribution is 6.05. The average Bonchev–Trinajstić information content (AvgIpc) is 3.56. The van der Waals surface area contributed by atoms with E-state index in [1.165, 1.54) is 24.3 Å². The molecule has 44 heavy (non-hydrogen) atoms. The molecule has 0 bridgehead atoms. The van der Waals surface area contributed by atoms with E-state index in [0.717, 1.165) is 38.8 Å². The van der Waals surface area contributed by atoms with Crippen LogP contribution in [-0.2, 0) is 6.42 Å². The molecule has 0 saturated carbocycles. The molecule has 0 spiro atoms. The van der Waals surface area contributed by atoms with Gasteiger partial charge in [-0.25, -0.2) is 13.2 Å². The van der Waals surface area contributed by atoms with E-state index in [9.17, 15) is 9.50 Å². The molecule has 3 saturated heterocycles. The molecule has 1 aromatic heterocycles. The maximum absolute atomic E-state index is 17.0. The molecule has 1 atom stereocenters. The highest BCUT2D eigenvalue weighted by Crippen LogP contribution is 2.45. The van der Waals surface area contributed by atoms with Crippen LogP contribution < -0.4 is 15.0 Å². The molecule has 2 N–H and O–H groups in total. The van der Waals surface area contributed by atoms with E-state index in [-0.39, 0.29) is 45.4 Å². The van der Waals surface area contributed by atoms with Crippen molar-refractivity contribution in [3.63, 3.8) is 0 Å². The Kier molecular flexibility index (Phi) is 6.40. The van der Waals surface area contributed by atoms with Crippen LogP contribution in [-0.4, -0.2) is 70.9 Å². The summed E-state index contributed by atoms with van der Waals surface area (Å²) in [5.74, 6) is 0.185. The van der Waals surface area contributed by atoms with E-state index in [1.807, 2.05) is 0 Å². The molecule has 10 heteroatoms. The first kappa shape index (κ1) is 27.5. The van der Waals surface area contributed by atoms with Crippen LogP contribution in [0.25, 0.3) is 32.8 Å². The number of benzene rings is 3. The number of nitrogens with one attached hydrogen (secondary N) is 1. The SMILES string of the molecule is C#Cc1c(F)ccc2cc(O)cc(-c3c(F)c4c5c(nc(OCC67CCCN6CCC7)nc5c3F)N3CCNCC3CC4)c12. The first-order valence-corrected chi connectivity index (χ1v) is 15.4. The topological polar surface area (TPSA) is 73.8 Å². The number of terminal acetylenes is 1. The number of ether oxygens (including phenoxy) is 1. The minimum Gasteiger partial charge on any atom is -0.508 e. The van der Waals surface area contributed by atoms with Gasteiger partial charge in [0.25, 0.3) is 0 Å². The number of nitrogens with zero attached hydrogens (tertiary/aromatic N) is 4. The molecule has 0 aliphatic carbocycles. The van der Waals surface area contributed by atoms with Gasteiger partial charge in [-0.3, -0.25) is 4.90 Å². The lowest BCUT2D eigenvalue weighted by atomic mass is 9.90. The summed E-state index contributed by atoms with van der Waals surface area (Å²) >= 11 is 0. The summed E-state index contributed by atoms with van der Waals surface area (Å²) in [5.41, 5.74) is -0.400. The van der Waals surface area contributed by atoms with Crippen molar-refractivity contribution in [3.8, 4) is 35.2 Å². The van der Waals surface area contributed by atoms with Gasteiger partial charge in [0.15, 0.2) is 5.82 Å². The molecule has 3 aromatic carbocycles. The number of rotatable bonds is 4. The van der Waals surface area contributed by atoms with Crippen LogP contribution in [0.15, 0.2) is 24.3 Å². The molecule has 1 unspecified atom stereocenters. The van der Waals surface area contributed by atoms with Gasteiger partial charge in [-0.05, 0) is 75.2 Å². The van der Waals surface area contributed by atoms with Gasteiger partial charge in [0.05, 0.1) is 22.1 Å². The fourth-order valence-electron chi connectivity index (χ4n) is 8.12. The number of piperazine rings is 1. The van der Waals surface area contributed by atoms with Crippen LogP contribution >= 0.6 is 0 Å². The Balaban J connectivity index is 1.37. The fourth-order valence-corrected chi connectivity index (χ4v) is 8.12. The molecule has 3 fully saturated rings. The predicted molar refractivity (Wildman–Crippen MR) is 163 cm³/mol. The summed E-state index contributed by atoms with van der Waals surface area (Å²) in [6.45, 7) is 4.49. The first-order chi connectivity index (χ1) is 21.4. The summed E-state index contributed by atoms with van der Waals surface area (Å²) in [5, 5.41) is 14.9. The standard InChI is InChI=1S/C34H32F3N5O2/c1-2-22-25(35)8-5-19-15-21(43)16-24(26(19)22)27-29(36)23-7-6-20-17-38-11-14-42(20)32-28(23)31(30(27)37)39-33(40-32)44-18-34-9-3-12-41(34)13-4-10-34/h1,5,8,15-16,20,38,43H,3-4,6-7,9-14,17-18H2. The van der Waals surface area contributed by atoms with Gasteiger partial charge in [0, 0.05) is 42.2 Å². The molecule has 226 valence electrons. The predicted octanol–water partition coefficient (Wildman–Crippen LogP) is 5.29. The van der Waals surface area contributed by atoms with E-state index in [2.05, 4.69) is 26.0 Å². The normalized spacial score (nSPS) is 20.9. The van der Waals surface area contributed by atoms with Gasteiger partial charge < -0.3 is 20.1 Å². The van der Waals surface area contributed by atoms with Crippen LogP contribution in [0.5, 0.6) is 11.8 Å². The highest BCUT2D eigenvalue weighted by Gasteiger charge is 2.45. The zero-order valence-corrected chi connectivity index (χ0v) is 24.2. The Morgan fingerprint density at radius 1 is 1.07 bits per heavy atom. The molecule has 8 rings (SSSR count). The molecule has 4 aromatic rings. The number of hydrogen-bond acceptors (Lipinski definition) is 7. The minimum atomic E-state index is -0.927. The third-order valence-electron chi connectivity index (χ3n) is 10.2. The van der Waals surface area contributed by atoms with Crippen LogP contribution in [0.3, 0.4) is 0 Å². The van der Waals surface area contributed by atoms with Gasteiger partial charge in [-0.15, -0.1) is 6.42 Å². The summed E-state index contributed by atoms with van der Waals surface area (Å²) in [6, 6.07) is 5.34. The summed E-state index contributed by atoms with van der Waals surface area (Å²) in [6.07, 6.45) is 10.9. The number of aromatic hydroxyl groups is 1. The van der Waals surface area contributed by atoms with Crippen molar-refractivity contribution in [1.82, 2.24) is 20.2 Å². The average molecular weight is 600 g/mol. The molecule has 0 radical (unpaired) electrons. The Morgan fingerprint density at radius 3 is 2.68 bits per heavy atom. The van der Waals surface area contributed by atoms with Crippen LogP contribution in [0.4, 0.5) is 19.0 Å². The lowest BCUT2D eigenvalue weighted by Crippen LogP contribution is -2.51. The molecule has 5 heterocycles. The van der Waals surface area contributed by atoms with E-state index < -0.39 is 23.0 Å². The first-order valence-electron chi connectivity index (χ1n) is 15.4. The molecular formula is C34H32F3N5O2. The second kappa shape index (κ2) is 10.2. The molecule has 4 aliphatic rings. The Hall–Kier alpha value is -4.07. The van der Waals surface area contributed by atoms with E-state index in [4.69, 9.17) is 16.1 Å². The number of aromatic nitrogens is 2. The lowest BCUT2D eigenvalue weighted by molar-refractivity contribution is 0.108. The molecule has 0 amide bonds. The highest BCUT2D eigenvalue weighted by atomic mass is 19.1. The van der Waals surface area contributed by atoms with Crippen molar-refractivity contribution in [2.24, 2.45) is 0 Å². The largest absolute Gasteiger partial charge is 0.508 e. The monoisotopic (exact) mass is 599 g/mol. The summed E-state index contributed by atoms with van der Waals surface area (Å²) in [7, 11) is 0. The minimum absolute atomic E-state index is 0.0236. The van der Waals surface area contributed by atoms with Gasteiger partial charge in [-0.2, -0.15) is 9.97 Å². The van der Waals surface area contributed by atoms with Gasteiger partial charge >= 0.3 is 6.01 Å². The Labute approximate surface area is 253 Å². The van der Waals surface area contributed by atoms with Crippen molar-refractivity contribution >= 4 is 27.5 Å². The Morgan fingerprint density at radius 2 is 1.89 bits per heavy atom. The molecule has 7 nitrogen and oxygen atoms in total. The van der Waals surface area contributed by atoms with Crippen LogP contribution in [0.1, 0.15) is 43.2 Å². The number of fused-ring (bicyclic) bond motifs is 4. The van der Waals surface area contributed by atoms with Gasteiger partial charge in [0.1, 0.15) is 35.3 Å². The van der Waals surface area contributed by atoms with Crippen molar-refractivity contribution in [3.05, 3.63) is 52.8 Å². The maximum atomic E-state index is 17.0.